The Morgan fingerprint density at radius 3 is 2.14 bits per heavy atom. The van der Waals surface area contributed by atoms with Crippen molar-refractivity contribution in [1.82, 2.24) is 0 Å². The van der Waals surface area contributed by atoms with Crippen molar-refractivity contribution in [3.05, 3.63) is 30.3 Å². The molecule has 2 rings (SSSR count). The number of alkyl halides is 3. The minimum Gasteiger partial charge on any atom is -0.399 e. The third-order valence-corrected chi connectivity index (χ3v) is 5.57. The van der Waals surface area contributed by atoms with Gasteiger partial charge in [-0.05, 0) is 26.2 Å². The van der Waals surface area contributed by atoms with Crippen molar-refractivity contribution in [2.75, 3.05) is 5.75 Å². The molecule has 0 bridgehead atoms. The van der Waals surface area contributed by atoms with Gasteiger partial charge < -0.3 is 9.31 Å². The van der Waals surface area contributed by atoms with Crippen LogP contribution in [0.25, 0.3) is 0 Å². The lowest BCUT2D eigenvalue weighted by molar-refractivity contribution is -0.0478. The first kappa shape index (κ1) is 17.3. The van der Waals surface area contributed by atoms with Crippen molar-refractivity contribution in [3.8, 4) is 0 Å². The predicted molar refractivity (Wildman–Crippen MR) is 76.3 cm³/mol. The minimum atomic E-state index is -5.32. The van der Waals surface area contributed by atoms with Gasteiger partial charge in [-0.25, -0.2) is 8.42 Å². The van der Waals surface area contributed by atoms with Crippen LogP contribution < -0.4 is 5.46 Å². The molecule has 0 spiro atoms. The SMILES string of the molecule is CC1(C)OB(c2ccccc2)OC1(C)CS(=O)(=O)C(F)(F)F. The van der Waals surface area contributed by atoms with Gasteiger partial charge in [0.2, 0.25) is 0 Å². The second kappa shape index (κ2) is 5.24. The van der Waals surface area contributed by atoms with Crippen molar-refractivity contribution in [3.63, 3.8) is 0 Å². The van der Waals surface area contributed by atoms with Gasteiger partial charge in [0, 0.05) is 0 Å². The summed E-state index contributed by atoms with van der Waals surface area (Å²) in [5, 5.41) is 0. The largest absolute Gasteiger partial charge is 0.497 e. The van der Waals surface area contributed by atoms with E-state index in [1.54, 1.807) is 30.3 Å². The van der Waals surface area contributed by atoms with Gasteiger partial charge in [-0.3, -0.25) is 0 Å². The Hall–Kier alpha value is -1.06. The third-order valence-electron chi connectivity index (χ3n) is 3.93. The molecular formula is C13H16BF3O4S. The summed E-state index contributed by atoms with van der Waals surface area (Å²) in [4.78, 5) is 0. The quantitative estimate of drug-likeness (QED) is 0.792. The normalized spacial score (nSPS) is 25.5. The van der Waals surface area contributed by atoms with Gasteiger partial charge in [-0.2, -0.15) is 13.2 Å². The molecule has 0 N–H and O–H groups in total. The number of rotatable bonds is 3. The molecule has 1 saturated heterocycles. The maximum absolute atomic E-state index is 12.6. The molecule has 1 atom stereocenters. The van der Waals surface area contributed by atoms with Gasteiger partial charge in [-0.15, -0.1) is 0 Å². The fourth-order valence-corrected chi connectivity index (χ4v) is 3.50. The van der Waals surface area contributed by atoms with E-state index in [9.17, 15) is 21.6 Å². The third kappa shape index (κ3) is 3.02. The smallest absolute Gasteiger partial charge is 0.399 e. The van der Waals surface area contributed by atoms with Crippen LogP contribution in [0.5, 0.6) is 0 Å². The molecule has 0 radical (unpaired) electrons. The molecule has 1 aliphatic heterocycles. The standard InChI is InChI=1S/C13H16BF3O4S/c1-11(2)12(3,9-22(18,19)13(15,16)17)21-14(20-11)10-7-5-4-6-8-10/h4-8H,9H2,1-3H3. The summed E-state index contributed by atoms with van der Waals surface area (Å²) in [7, 11) is -6.23. The monoisotopic (exact) mass is 336 g/mol. The highest BCUT2D eigenvalue weighted by Crippen LogP contribution is 2.40. The zero-order valence-corrected chi connectivity index (χ0v) is 13.2. The van der Waals surface area contributed by atoms with Crippen molar-refractivity contribution in [1.29, 1.82) is 0 Å². The average molecular weight is 336 g/mol. The first-order valence-corrected chi connectivity index (χ1v) is 8.23. The zero-order valence-electron chi connectivity index (χ0n) is 12.3. The van der Waals surface area contributed by atoms with Crippen LogP contribution in [0.3, 0.4) is 0 Å². The van der Waals surface area contributed by atoms with Gasteiger partial charge in [0.1, 0.15) is 0 Å². The predicted octanol–water partition coefficient (Wildman–Crippen LogP) is 1.90. The van der Waals surface area contributed by atoms with Gasteiger partial charge in [0.15, 0.2) is 0 Å². The zero-order chi connectivity index (χ0) is 16.8. The van der Waals surface area contributed by atoms with Crippen LogP contribution in [-0.2, 0) is 19.1 Å². The Morgan fingerprint density at radius 2 is 1.64 bits per heavy atom. The van der Waals surface area contributed by atoms with Crippen LogP contribution in [0.2, 0.25) is 0 Å². The molecule has 1 aromatic rings. The summed E-state index contributed by atoms with van der Waals surface area (Å²) in [6.07, 6.45) is 0. The molecular weight excluding hydrogens is 320 g/mol. The summed E-state index contributed by atoms with van der Waals surface area (Å²) in [5.74, 6) is -1.19. The topological polar surface area (TPSA) is 52.6 Å². The van der Waals surface area contributed by atoms with Gasteiger partial charge in [0.05, 0.1) is 17.0 Å². The Balaban J connectivity index is 2.31. The number of sulfone groups is 1. The van der Waals surface area contributed by atoms with Crippen LogP contribution in [0.4, 0.5) is 13.2 Å². The second-order valence-electron chi connectivity index (χ2n) is 5.92. The average Bonchev–Trinajstić information content (AvgIpc) is 2.59. The van der Waals surface area contributed by atoms with Crippen LogP contribution in [0.1, 0.15) is 20.8 Å². The molecule has 0 aromatic heterocycles. The highest BCUT2D eigenvalue weighted by Gasteiger charge is 2.60. The van der Waals surface area contributed by atoms with Crippen molar-refractivity contribution < 1.29 is 30.9 Å². The van der Waals surface area contributed by atoms with Crippen molar-refractivity contribution >= 4 is 22.4 Å². The van der Waals surface area contributed by atoms with E-state index in [1.807, 2.05) is 0 Å². The van der Waals surface area contributed by atoms with Crippen LogP contribution in [0.15, 0.2) is 30.3 Å². The molecule has 0 aliphatic carbocycles. The Morgan fingerprint density at radius 1 is 1.09 bits per heavy atom. The number of benzene rings is 1. The Labute approximate surface area is 127 Å². The number of halogens is 3. The first-order valence-electron chi connectivity index (χ1n) is 6.58. The summed E-state index contributed by atoms with van der Waals surface area (Å²) < 4.78 is 72.1. The Kier molecular flexibility index (Phi) is 4.12. The highest BCUT2D eigenvalue weighted by molar-refractivity contribution is 7.92. The van der Waals surface area contributed by atoms with E-state index < -0.39 is 39.4 Å². The van der Waals surface area contributed by atoms with E-state index in [0.717, 1.165) is 0 Å². The van der Waals surface area contributed by atoms with E-state index in [2.05, 4.69) is 0 Å². The van der Waals surface area contributed by atoms with Gasteiger partial charge in [-0.1, -0.05) is 30.3 Å². The van der Waals surface area contributed by atoms with E-state index in [0.29, 0.717) is 5.46 Å². The van der Waals surface area contributed by atoms with Gasteiger partial charge in [0.25, 0.3) is 9.84 Å². The molecule has 0 amide bonds. The van der Waals surface area contributed by atoms with Gasteiger partial charge >= 0.3 is 12.6 Å². The first-order chi connectivity index (χ1) is 9.88. The van der Waals surface area contributed by atoms with Crippen LogP contribution >= 0.6 is 0 Å². The molecule has 9 heteroatoms. The molecule has 1 heterocycles. The van der Waals surface area contributed by atoms with E-state index >= 15 is 0 Å². The van der Waals surface area contributed by atoms with E-state index in [4.69, 9.17) is 9.31 Å². The molecule has 122 valence electrons. The van der Waals surface area contributed by atoms with Crippen LogP contribution in [-0.4, -0.2) is 38.0 Å². The van der Waals surface area contributed by atoms with Crippen molar-refractivity contribution in [2.45, 2.75) is 37.5 Å². The summed E-state index contributed by atoms with van der Waals surface area (Å²) >= 11 is 0. The lowest BCUT2D eigenvalue weighted by Gasteiger charge is -2.36. The fraction of sp³-hybridized carbons (Fsp3) is 0.538. The van der Waals surface area contributed by atoms with E-state index in [1.165, 1.54) is 20.8 Å². The molecule has 4 nitrogen and oxygen atoms in total. The fourth-order valence-electron chi connectivity index (χ4n) is 2.19. The molecule has 1 aliphatic rings. The van der Waals surface area contributed by atoms with Crippen molar-refractivity contribution in [2.24, 2.45) is 0 Å². The van der Waals surface area contributed by atoms with E-state index in [-0.39, 0.29) is 0 Å². The molecule has 0 saturated carbocycles. The number of hydrogen-bond donors (Lipinski definition) is 0. The number of hydrogen-bond acceptors (Lipinski definition) is 4. The summed E-state index contributed by atoms with van der Waals surface area (Å²) in [5.41, 5.74) is -7.53. The summed E-state index contributed by atoms with van der Waals surface area (Å²) in [6, 6.07) is 8.64. The maximum atomic E-state index is 12.6. The molecule has 1 unspecified atom stereocenters. The Bertz CT molecular complexity index is 645. The molecule has 22 heavy (non-hydrogen) atoms. The molecule has 1 aromatic carbocycles. The maximum Gasteiger partial charge on any atom is 0.497 e. The lowest BCUT2D eigenvalue weighted by Crippen LogP contribution is -2.52. The lowest BCUT2D eigenvalue weighted by atomic mass is 9.79. The second-order valence-corrected chi connectivity index (χ2v) is 7.91. The summed E-state index contributed by atoms with van der Waals surface area (Å²) in [6.45, 7) is 4.35. The molecule has 1 fully saturated rings. The highest BCUT2D eigenvalue weighted by atomic mass is 32.2. The minimum absolute atomic E-state index is 0.615. The van der Waals surface area contributed by atoms with Crippen LogP contribution in [0, 0.1) is 0 Å².